The van der Waals surface area contributed by atoms with Gasteiger partial charge in [-0.1, -0.05) is 344 Å². The Balaban J connectivity index is 0.841. The van der Waals surface area contributed by atoms with Crippen LogP contribution in [0.5, 0.6) is 0 Å². The van der Waals surface area contributed by atoms with Crippen molar-refractivity contribution in [1.82, 2.24) is 0 Å². The van der Waals surface area contributed by atoms with Crippen LogP contribution in [0.3, 0.4) is 0 Å². The van der Waals surface area contributed by atoms with Crippen molar-refractivity contribution in [2.24, 2.45) is 0 Å². The molecule has 0 radical (unpaired) electrons. The molecule has 110 heavy (non-hydrogen) atoms. The van der Waals surface area contributed by atoms with Crippen molar-refractivity contribution < 1.29 is 0 Å². The Morgan fingerprint density at radius 1 is 0.200 bits per heavy atom. The largest absolute Gasteiger partial charge is 0.311 e. The molecule has 0 unspecified atom stereocenters. The summed E-state index contributed by atoms with van der Waals surface area (Å²) < 4.78 is 0. The van der Waals surface area contributed by atoms with E-state index in [1.807, 2.05) is 23.5 Å². The van der Waals surface area contributed by atoms with E-state index in [9.17, 15) is 0 Å². The van der Waals surface area contributed by atoms with E-state index in [-0.39, 0.29) is 13.4 Å². The van der Waals surface area contributed by atoms with Gasteiger partial charge in [0.05, 0.1) is 11.4 Å². The van der Waals surface area contributed by atoms with Crippen molar-refractivity contribution in [3.05, 3.63) is 413 Å². The van der Waals surface area contributed by atoms with Crippen LogP contribution in [0.1, 0.15) is 0 Å². The molecule has 0 saturated heterocycles. The van der Waals surface area contributed by atoms with Gasteiger partial charge < -0.3 is 19.6 Å². The van der Waals surface area contributed by atoms with Gasteiger partial charge in [0.15, 0.2) is 0 Å². The van der Waals surface area contributed by atoms with E-state index in [0.717, 1.165) is 113 Å². The quantitative estimate of drug-likeness (QED) is 0.0999. The maximum atomic E-state index is 2.70. The summed E-state index contributed by atoms with van der Waals surface area (Å²) >= 11 is 3.83. The standard InChI is InChI=1S/C102H68B2N4S2/c1-8-29-69(30-9-1)73-53-57-80(58-54-73)105(82-45-26-41-77(61-82)71-33-12-3-13-34-71)84-63-94-100-95(64-84)108(102-86(75-37-16-5-17-38-75)47-28-48-87(102)76-39-18-6-19-40-76)93-68-97-91(67-90(93)103(100)88-49-22-24-51-92(88)107(94)79-43-20-7-21-44-79)104-89-50-23-25-52-96(89)109-98-65-85(66-99(110-97)101(98)104)106(81-59-55-74(56-60-81)70-31-10-2-11-32-70)83-46-27-42-78(62-83)72-35-14-4-15-36-72/h1-68H. The molecule has 0 spiro atoms. The van der Waals surface area contributed by atoms with E-state index in [1.165, 1.54) is 74.6 Å². The monoisotopic (exact) mass is 1430 g/mol. The fraction of sp³-hybridized carbons (Fsp3) is 0. The predicted octanol–water partition coefficient (Wildman–Crippen LogP) is 24.2. The lowest BCUT2D eigenvalue weighted by molar-refractivity contribution is 1.22. The molecular formula is C102H68B2N4S2. The first-order valence-corrected chi connectivity index (χ1v) is 39.4. The zero-order valence-corrected chi connectivity index (χ0v) is 61.7. The van der Waals surface area contributed by atoms with Gasteiger partial charge in [0.1, 0.15) is 0 Å². The highest BCUT2D eigenvalue weighted by atomic mass is 32.2. The molecular weight excluding hydrogens is 1370 g/mol. The number of anilines is 12. The molecule has 0 N–H and O–H groups in total. The van der Waals surface area contributed by atoms with Gasteiger partial charge >= 0.3 is 0 Å². The SMILES string of the molecule is c1ccc(-c2ccc(N(c3cccc(-c4ccccc4)c3)c3cc4c5c(c3)Sc3cc6c(cc3B5c3ccccc3S4)B3c4ccccc4N(c4ccccc4)c4cc(N(c5ccc(-c7ccccc7)cc5)c5cccc(-c7ccccc7)c5)cc(c43)N6c3c(-c4ccccc4)cccc3-c3ccccc3)cc2)cc1. The highest BCUT2D eigenvalue weighted by Gasteiger charge is 2.48. The van der Waals surface area contributed by atoms with Crippen LogP contribution in [0.2, 0.25) is 0 Å². The Hall–Kier alpha value is -13.2. The van der Waals surface area contributed by atoms with Crippen molar-refractivity contribution in [2.75, 3.05) is 19.6 Å². The molecule has 21 rings (SSSR count). The third-order valence-electron chi connectivity index (χ3n) is 22.3. The molecule has 17 aromatic carbocycles. The molecule has 0 fully saturated rings. The Labute approximate surface area is 651 Å². The van der Waals surface area contributed by atoms with Gasteiger partial charge in [0.2, 0.25) is 6.71 Å². The third kappa shape index (κ3) is 11.4. The topological polar surface area (TPSA) is 13.0 Å². The van der Waals surface area contributed by atoms with E-state index in [4.69, 9.17) is 0 Å². The molecule has 0 saturated carbocycles. The molecule has 4 heterocycles. The summed E-state index contributed by atoms with van der Waals surface area (Å²) in [7, 11) is 0. The van der Waals surface area contributed by atoms with Gasteiger partial charge in [-0.2, -0.15) is 0 Å². The Kier molecular flexibility index (Phi) is 16.3. The van der Waals surface area contributed by atoms with Crippen molar-refractivity contribution in [1.29, 1.82) is 0 Å². The lowest BCUT2D eigenvalue weighted by Crippen LogP contribution is -2.64. The van der Waals surface area contributed by atoms with E-state index in [2.05, 4.69) is 432 Å². The number of rotatable bonds is 14. The van der Waals surface area contributed by atoms with E-state index >= 15 is 0 Å². The zero-order valence-electron chi connectivity index (χ0n) is 60.0. The first kappa shape index (κ1) is 65.1. The summed E-state index contributed by atoms with van der Waals surface area (Å²) in [6.07, 6.45) is 0. The van der Waals surface area contributed by atoms with Crippen LogP contribution in [0.15, 0.2) is 432 Å². The average Bonchev–Trinajstić information content (AvgIpc) is 0.684. The molecule has 8 heteroatoms. The lowest BCUT2D eigenvalue weighted by Gasteiger charge is -2.46. The maximum absolute atomic E-state index is 2.70. The third-order valence-corrected chi connectivity index (χ3v) is 24.6. The van der Waals surface area contributed by atoms with E-state index in [0.29, 0.717) is 0 Å². The lowest BCUT2D eigenvalue weighted by atomic mass is 9.31. The van der Waals surface area contributed by atoms with E-state index in [1.54, 1.807) is 0 Å². The van der Waals surface area contributed by atoms with Gasteiger partial charge in [-0.3, -0.25) is 0 Å². The second kappa shape index (κ2) is 27.5. The predicted molar refractivity (Wildman–Crippen MR) is 468 cm³/mol. The molecule has 0 atom stereocenters. The van der Waals surface area contributed by atoms with Crippen molar-refractivity contribution >= 4 is 138 Å². The van der Waals surface area contributed by atoms with Crippen LogP contribution in [0, 0.1) is 0 Å². The highest BCUT2D eigenvalue weighted by molar-refractivity contribution is 8.01. The van der Waals surface area contributed by atoms with Crippen LogP contribution in [0.25, 0.3) is 66.8 Å². The normalized spacial score (nSPS) is 12.6. The molecule has 4 aliphatic rings. The van der Waals surface area contributed by atoms with Gasteiger partial charge in [-0.05, 0) is 181 Å². The van der Waals surface area contributed by atoms with Crippen LogP contribution in [-0.2, 0) is 0 Å². The van der Waals surface area contributed by atoms with E-state index < -0.39 is 0 Å². The summed E-state index contributed by atoms with van der Waals surface area (Å²) in [4.78, 5) is 15.3. The molecule has 4 aliphatic heterocycles. The Morgan fingerprint density at radius 2 is 0.591 bits per heavy atom. The smallest absolute Gasteiger partial charge is 0.252 e. The minimum Gasteiger partial charge on any atom is -0.311 e. The summed E-state index contributed by atoms with van der Waals surface area (Å²) in [6.45, 7) is -0.282. The molecule has 4 nitrogen and oxygen atoms in total. The second-order valence-electron chi connectivity index (χ2n) is 28.6. The summed E-state index contributed by atoms with van der Waals surface area (Å²) in [6, 6.07) is 153. The highest BCUT2D eigenvalue weighted by Crippen LogP contribution is 2.54. The van der Waals surface area contributed by atoms with Gasteiger partial charge in [-0.15, -0.1) is 0 Å². The zero-order chi connectivity index (χ0) is 72.6. The summed E-state index contributed by atoms with van der Waals surface area (Å²) in [5.41, 5.74) is 34.7. The van der Waals surface area contributed by atoms with Crippen LogP contribution >= 0.6 is 23.5 Å². The summed E-state index contributed by atoms with van der Waals surface area (Å²) in [5.74, 6) is 0. The minimum absolute atomic E-state index is 0.0746. The van der Waals surface area contributed by atoms with Gasteiger partial charge in [0.25, 0.3) is 6.71 Å². The van der Waals surface area contributed by atoms with Crippen molar-refractivity contribution in [2.45, 2.75) is 19.6 Å². The van der Waals surface area contributed by atoms with Crippen LogP contribution < -0.4 is 52.4 Å². The molecule has 0 amide bonds. The fourth-order valence-electron chi connectivity index (χ4n) is 17.4. The van der Waals surface area contributed by atoms with Crippen molar-refractivity contribution in [3.63, 3.8) is 0 Å². The van der Waals surface area contributed by atoms with Crippen molar-refractivity contribution in [3.8, 4) is 66.8 Å². The Bertz CT molecular complexity index is 6300. The number of hydrogen-bond acceptors (Lipinski definition) is 6. The number of fused-ring (bicyclic) bond motifs is 8. The van der Waals surface area contributed by atoms with Crippen LogP contribution in [-0.4, -0.2) is 13.4 Å². The Morgan fingerprint density at radius 3 is 1.11 bits per heavy atom. The number of benzene rings is 17. The molecule has 0 aromatic heterocycles. The minimum atomic E-state index is -0.208. The first-order valence-electron chi connectivity index (χ1n) is 37.8. The second-order valence-corrected chi connectivity index (χ2v) is 30.8. The molecule has 0 aliphatic carbocycles. The number of nitrogens with zero attached hydrogens (tertiary/aromatic N) is 4. The number of para-hydroxylation sites is 3. The fourth-order valence-corrected chi connectivity index (χ4v) is 19.9. The molecule has 17 aromatic rings. The average molecular weight is 1440 g/mol. The summed E-state index contributed by atoms with van der Waals surface area (Å²) in [5, 5.41) is 0. The van der Waals surface area contributed by atoms with Gasteiger partial charge in [-0.25, -0.2) is 0 Å². The van der Waals surface area contributed by atoms with Gasteiger partial charge in [0, 0.05) is 87.6 Å². The maximum Gasteiger partial charge on any atom is 0.252 e. The molecule has 0 bridgehead atoms. The van der Waals surface area contributed by atoms with Crippen LogP contribution in [0.4, 0.5) is 68.2 Å². The molecule has 514 valence electrons. The number of hydrogen-bond donors (Lipinski definition) is 0. The first-order chi connectivity index (χ1) is 54.6.